The Morgan fingerprint density at radius 2 is 1.58 bits per heavy atom. The Morgan fingerprint density at radius 3 is 2.31 bits per heavy atom. The first-order valence-electron chi connectivity index (χ1n) is 8.63. The number of anilines is 1. The predicted molar refractivity (Wildman–Crippen MR) is 105 cm³/mol. The third kappa shape index (κ3) is 4.71. The molecule has 0 heterocycles. The predicted octanol–water partition coefficient (Wildman–Crippen LogP) is 3.69. The second-order valence-electron chi connectivity index (χ2n) is 5.98. The van der Waals surface area contributed by atoms with Crippen LogP contribution in [0.4, 0.5) is 5.69 Å². The van der Waals surface area contributed by atoms with Crippen LogP contribution in [-0.4, -0.2) is 24.2 Å². The molecule has 0 unspecified atom stereocenters. The highest BCUT2D eigenvalue weighted by atomic mass is 16.3. The summed E-state index contributed by atoms with van der Waals surface area (Å²) in [4.78, 5) is 12.0. The summed E-state index contributed by atoms with van der Waals surface area (Å²) in [5.74, 6) is -0.185. The Bertz CT molecular complexity index is 846. The molecule has 132 valence electrons. The molecule has 26 heavy (non-hydrogen) atoms. The SMILES string of the molecule is O=C(NCCO)c1cccc(NCc2ccc(-c3ccccc3)cc2)c1. The first kappa shape index (κ1) is 17.7. The molecule has 4 nitrogen and oxygen atoms in total. The molecule has 3 aromatic carbocycles. The van der Waals surface area contributed by atoms with E-state index < -0.39 is 0 Å². The normalized spacial score (nSPS) is 10.3. The standard InChI is InChI=1S/C22H22N2O2/c25-14-13-23-22(26)20-7-4-8-21(15-20)24-16-17-9-11-19(12-10-17)18-5-2-1-3-6-18/h1-12,15,24-25H,13-14,16H2,(H,23,26). The zero-order valence-corrected chi connectivity index (χ0v) is 14.5. The van der Waals surface area contributed by atoms with Gasteiger partial charge in [0.2, 0.25) is 0 Å². The van der Waals surface area contributed by atoms with Crippen LogP contribution in [-0.2, 0) is 6.54 Å². The summed E-state index contributed by atoms with van der Waals surface area (Å²) >= 11 is 0. The number of hydrogen-bond donors (Lipinski definition) is 3. The van der Waals surface area contributed by atoms with Gasteiger partial charge in [-0.1, -0.05) is 60.7 Å². The lowest BCUT2D eigenvalue weighted by atomic mass is 10.0. The molecule has 3 rings (SSSR count). The van der Waals surface area contributed by atoms with E-state index >= 15 is 0 Å². The number of aliphatic hydroxyl groups is 1. The van der Waals surface area contributed by atoms with Crippen molar-refractivity contribution in [3.8, 4) is 11.1 Å². The van der Waals surface area contributed by atoms with E-state index in [1.165, 1.54) is 16.7 Å². The second-order valence-corrected chi connectivity index (χ2v) is 5.98. The molecule has 0 bridgehead atoms. The summed E-state index contributed by atoms with van der Waals surface area (Å²) in [6.07, 6.45) is 0. The van der Waals surface area contributed by atoms with Crippen LogP contribution in [0.3, 0.4) is 0 Å². The van der Waals surface area contributed by atoms with Gasteiger partial charge >= 0.3 is 0 Å². The van der Waals surface area contributed by atoms with Gasteiger partial charge in [0.15, 0.2) is 0 Å². The van der Waals surface area contributed by atoms with Crippen LogP contribution in [0.25, 0.3) is 11.1 Å². The summed E-state index contributed by atoms with van der Waals surface area (Å²) in [5, 5.41) is 14.8. The summed E-state index contributed by atoms with van der Waals surface area (Å²) in [5.41, 5.74) is 5.02. The molecule has 0 aliphatic heterocycles. The molecule has 4 heteroatoms. The van der Waals surface area contributed by atoms with Crippen molar-refractivity contribution >= 4 is 11.6 Å². The van der Waals surface area contributed by atoms with Crippen LogP contribution in [0, 0.1) is 0 Å². The highest BCUT2D eigenvalue weighted by molar-refractivity contribution is 5.95. The molecule has 0 spiro atoms. The number of hydrogen-bond acceptors (Lipinski definition) is 3. The number of rotatable bonds is 7. The minimum Gasteiger partial charge on any atom is -0.395 e. The van der Waals surface area contributed by atoms with E-state index in [0.717, 1.165) is 5.69 Å². The van der Waals surface area contributed by atoms with Gasteiger partial charge in [-0.3, -0.25) is 4.79 Å². The van der Waals surface area contributed by atoms with Gasteiger partial charge in [0.05, 0.1) is 6.61 Å². The van der Waals surface area contributed by atoms with E-state index in [4.69, 9.17) is 5.11 Å². The lowest BCUT2D eigenvalue weighted by Crippen LogP contribution is -2.26. The van der Waals surface area contributed by atoms with Gasteiger partial charge in [-0.25, -0.2) is 0 Å². The van der Waals surface area contributed by atoms with Crippen molar-refractivity contribution in [1.82, 2.24) is 5.32 Å². The van der Waals surface area contributed by atoms with Gasteiger partial charge in [-0.15, -0.1) is 0 Å². The summed E-state index contributed by atoms with van der Waals surface area (Å²) in [6.45, 7) is 0.865. The molecular weight excluding hydrogens is 324 g/mol. The van der Waals surface area contributed by atoms with Crippen LogP contribution in [0.1, 0.15) is 15.9 Å². The Morgan fingerprint density at radius 1 is 0.846 bits per heavy atom. The first-order chi connectivity index (χ1) is 12.8. The van der Waals surface area contributed by atoms with E-state index in [9.17, 15) is 4.79 Å². The fourth-order valence-corrected chi connectivity index (χ4v) is 2.69. The van der Waals surface area contributed by atoms with E-state index in [2.05, 4.69) is 47.0 Å². The Balaban J connectivity index is 1.61. The van der Waals surface area contributed by atoms with Crippen molar-refractivity contribution in [2.24, 2.45) is 0 Å². The van der Waals surface area contributed by atoms with E-state index in [1.807, 2.05) is 36.4 Å². The zero-order valence-electron chi connectivity index (χ0n) is 14.5. The lowest BCUT2D eigenvalue weighted by Gasteiger charge is -2.10. The maximum absolute atomic E-state index is 12.0. The second kappa shape index (κ2) is 8.83. The highest BCUT2D eigenvalue weighted by Gasteiger charge is 2.05. The Hall–Kier alpha value is -3.11. The summed E-state index contributed by atoms with van der Waals surface area (Å²) in [7, 11) is 0. The Kier molecular flexibility index (Phi) is 6.01. The largest absolute Gasteiger partial charge is 0.395 e. The number of carbonyl (C=O) groups is 1. The molecule has 0 radical (unpaired) electrons. The van der Waals surface area contributed by atoms with Gasteiger partial charge < -0.3 is 15.7 Å². The fraction of sp³-hybridized carbons (Fsp3) is 0.136. The van der Waals surface area contributed by atoms with Crippen molar-refractivity contribution in [3.63, 3.8) is 0 Å². The van der Waals surface area contributed by atoms with E-state index in [-0.39, 0.29) is 19.1 Å². The number of amides is 1. The molecule has 0 aliphatic carbocycles. The third-order valence-corrected chi connectivity index (χ3v) is 4.08. The van der Waals surface area contributed by atoms with Crippen molar-refractivity contribution in [3.05, 3.63) is 90.0 Å². The molecule has 0 fully saturated rings. The highest BCUT2D eigenvalue weighted by Crippen LogP contribution is 2.20. The van der Waals surface area contributed by atoms with E-state index in [0.29, 0.717) is 12.1 Å². The molecular formula is C22H22N2O2. The lowest BCUT2D eigenvalue weighted by molar-refractivity contribution is 0.0945. The van der Waals surface area contributed by atoms with Crippen LogP contribution in [0.5, 0.6) is 0 Å². The van der Waals surface area contributed by atoms with Gasteiger partial charge in [0.25, 0.3) is 5.91 Å². The monoisotopic (exact) mass is 346 g/mol. The quantitative estimate of drug-likeness (QED) is 0.611. The van der Waals surface area contributed by atoms with Crippen molar-refractivity contribution < 1.29 is 9.90 Å². The van der Waals surface area contributed by atoms with Gasteiger partial charge in [0, 0.05) is 24.3 Å². The van der Waals surface area contributed by atoms with Crippen LogP contribution < -0.4 is 10.6 Å². The summed E-state index contributed by atoms with van der Waals surface area (Å²) < 4.78 is 0. The fourth-order valence-electron chi connectivity index (χ4n) is 2.69. The number of carbonyl (C=O) groups excluding carboxylic acids is 1. The molecule has 0 aliphatic rings. The molecule has 0 saturated heterocycles. The van der Waals surface area contributed by atoms with Crippen molar-refractivity contribution in [2.75, 3.05) is 18.5 Å². The number of aliphatic hydroxyl groups excluding tert-OH is 1. The molecule has 1 amide bonds. The minimum atomic E-state index is -0.185. The topological polar surface area (TPSA) is 61.4 Å². The van der Waals surface area contributed by atoms with Gasteiger partial charge in [-0.2, -0.15) is 0 Å². The number of benzene rings is 3. The minimum absolute atomic E-state index is 0.0668. The molecule has 3 N–H and O–H groups in total. The van der Waals surface area contributed by atoms with Crippen molar-refractivity contribution in [1.29, 1.82) is 0 Å². The van der Waals surface area contributed by atoms with Crippen LogP contribution in [0.2, 0.25) is 0 Å². The average molecular weight is 346 g/mol. The smallest absolute Gasteiger partial charge is 0.251 e. The van der Waals surface area contributed by atoms with Crippen LogP contribution in [0.15, 0.2) is 78.9 Å². The van der Waals surface area contributed by atoms with Crippen molar-refractivity contribution in [2.45, 2.75) is 6.54 Å². The maximum atomic E-state index is 12.0. The average Bonchev–Trinajstić information content (AvgIpc) is 2.72. The van der Waals surface area contributed by atoms with E-state index in [1.54, 1.807) is 6.07 Å². The van der Waals surface area contributed by atoms with Crippen LogP contribution >= 0.6 is 0 Å². The summed E-state index contributed by atoms with van der Waals surface area (Å²) in [6, 6.07) is 26.1. The Labute approximate surface area is 153 Å². The van der Waals surface area contributed by atoms with Gasteiger partial charge in [0.1, 0.15) is 0 Å². The molecule has 0 atom stereocenters. The first-order valence-corrected chi connectivity index (χ1v) is 8.63. The van der Waals surface area contributed by atoms with Gasteiger partial charge in [-0.05, 0) is 34.9 Å². The number of nitrogens with one attached hydrogen (secondary N) is 2. The third-order valence-electron chi connectivity index (χ3n) is 4.08. The molecule has 0 saturated carbocycles. The zero-order chi connectivity index (χ0) is 18.2. The molecule has 0 aromatic heterocycles. The molecule has 3 aromatic rings. The maximum Gasteiger partial charge on any atom is 0.251 e.